The van der Waals surface area contributed by atoms with Crippen molar-refractivity contribution in [3.8, 4) is 0 Å². The lowest BCUT2D eigenvalue weighted by Gasteiger charge is -2.04. The van der Waals surface area contributed by atoms with Gasteiger partial charge in [0.15, 0.2) is 0 Å². The number of aromatic nitrogens is 2. The van der Waals surface area contributed by atoms with Gasteiger partial charge in [0.1, 0.15) is 12.1 Å². The maximum atomic E-state index is 10.7. The number of para-hydroxylation sites is 1. The van der Waals surface area contributed by atoms with Crippen LogP contribution < -0.4 is 11.5 Å². The molecule has 1 unspecified atom stereocenters. The van der Waals surface area contributed by atoms with Gasteiger partial charge in [-0.2, -0.15) is 0 Å². The summed E-state index contributed by atoms with van der Waals surface area (Å²) in [5.74, 6) is -1.95. The highest BCUT2D eigenvalue weighted by atomic mass is 79.9. The molecule has 2 aromatic carbocycles. The molecule has 0 aliphatic rings. The van der Waals surface area contributed by atoms with E-state index in [-0.39, 0.29) is 0 Å². The zero-order chi connectivity index (χ0) is 22.5. The van der Waals surface area contributed by atoms with E-state index in [2.05, 4.69) is 25.9 Å². The molecule has 2 heterocycles. The molecule has 2 aromatic heterocycles. The summed E-state index contributed by atoms with van der Waals surface area (Å²) in [7, 11) is 0. The molecule has 0 amide bonds. The van der Waals surface area contributed by atoms with Crippen molar-refractivity contribution in [1.29, 1.82) is 0 Å². The van der Waals surface area contributed by atoms with Gasteiger partial charge in [-0.25, -0.2) is 0 Å². The summed E-state index contributed by atoms with van der Waals surface area (Å²) in [5, 5.41) is 19.5. The number of carboxylic acid groups (broad SMARTS) is 2. The van der Waals surface area contributed by atoms with Gasteiger partial charge in [-0.15, -0.1) is 0 Å². The van der Waals surface area contributed by atoms with Crippen molar-refractivity contribution in [3.63, 3.8) is 0 Å². The van der Waals surface area contributed by atoms with Crippen LogP contribution in [-0.2, 0) is 22.4 Å². The number of carboxylic acids is 2. The Bertz CT molecular complexity index is 1220. The maximum Gasteiger partial charge on any atom is 0.320 e. The van der Waals surface area contributed by atoms with E-state index in [1.807, 2.05) is 48.7 Å². The lowest BCUT2D eigenvalue weighted by atomic mass is 10.1. The first-order valence-corrected chi connectivity index (χ1v) is 10.3. The average Bonchev–Trinajstić information content (AvgIpc) is 3.32. The van der Waals surface area contributed by atoms with E-state index >= 15 is 0 Å². The summed E-state index contributed by atoms with van der Waals surface area (Å²) in [6.07, 6.45) is 4.29. The number of benzene rings is 2. The minimum Gasteiger partial charge on any atom is -0.480 e. The molecule has 162 valence electrons. The van der Waals surface area contributed by atoms with Crippen molar-refractivity contribution < 1.29 is 19.8 Å². The molecule has 4 aromatic rings. The van der Waals surface area contributed by atoms with Gasteiger partial charge in [0.05, 0.1) is 0 Å². The molecule has 0 fully saturated rings. The molecule has 0 radical (unpaired) electrons. The first-order valence-electron chi connectivity index (χ1n) is 9.53. The molecule has 0 spiro atoms. The third-order valence-corrected chi connectivity index (χ3v) is 5.41. The molecule has 0 aliphatic heterocycles. The summed E-state index contributed by atoms with van der Waals surface area (Å²) in [6.45, 7) is 0. The number of aromatic amines is 2. The zero-order valence-electron chi connectivity index (χ0n) is 16.5. The largest absolute Gasteiger partial charge is 0.480 e. The van der Waals surface area contributed by atoms with Crippen molar-refractivity contribution in [3.05, 3.63) is 70.5 Å². The van der Waals surface area contributed by atoms with Gasteiger partial charge in [-0.1, -0.05) is 34.1 Å². The molecule has 8 N–H and O–H groups in total. The van der Waals surface area contributed by atoms with E-state index < -0.39 is 24.0 Å². The summed E-state index contributed by atoms with van der Waals surface area (Å²) >= 11 is 3.38. The maximum absolute atomic E-state index is 10.7. The average molecular weight is 487 g/mol. The first-order chi connectivity index (χ1) is 14.8. The number of halogens is 1. The van der Waals surface area contributed by atoms with Crippen LogP contribution >= 0.6 is 15.9 Å². The van der Waals surface area contributed by atoms with Gasteiger partial charge in [-0.3, -0.25) is 9.59 Å². The van der Waals surface area contributed by atoms with E-state index in [4.69, 9.17) is 21.7 Å². The van der Waals surface area contributed by atoms with E-state index in [1.165, 1.54) is 0 Å². The number of nitrogens with one attached hydrogen (secondary N) is 2. The van der Waals surface area contributed by atoms with E-state index in [0.717, 1.165) is 37.4 Å². The molecule has 0 saturated carbocycles. The smallest absolute Gasteiger partial charge is 0.320 e. The zero-order valence-corrected chi connectivity index (χ0v) is 18.1. The summed E-state index contributed by atoms with van der Waals surface area (Å²) in [5.41, 5.74) is 14.9. The Hall–Kier alpha value is -3.14. The molecule has 0 aliphatic carbocycles. The number of H-pyrrole nitrogens is 2. The summed E-state index contributed by atoms with van der Waals surface area (Å²) in [6, 6.07) is 11.9. The number of rotatable bonds is 6. The highest BCUT2D eigenvalue weighted by Gasteiger charge is 2.15. The number of hydrogen-bond donors (Lipinski definition) is 6. The Morgan fingerprint density at radius 2 is 1.35 bits per heavy atom. The normalized spacial score (nSPS) is 12.9. The fourth-order valence-electron chi connectivity index (χ4n) is 3.27. The van der Waals surface area contributed by atoms with E-state index in [1.54, 1.807) is 6.20 Å². The minimum absolute atomic E-state index is 0.325. The molecule has 2 atom stereocenters. The number of fused-ring (bicyclic) bond motifs is 2. The lowest BCUT2D eigenvalue weighted by molar-refractivity contribution is -0.139. The number of nitrogens with two attached hydrogens (primary N) is 2. The second kappa shape index (κ2) is 9.78. The van der Waals surface area contributed by atoms with Crippen molar-refractivity contribution in [2.45, 2.75) is 24.9 Å². The highest BCUT2D eigenvalue weighted by molar-refractivity contribution is 9.10. The lowest BCUT2D eigenvalue weighted by Crippen LogP contribution is -2.32. The third-order valence-electron chi connectivity index (χ3n) is 4.92. The molecule has 31 heavy (non-hydrogen) atoms. The predicted molar refractivity (Wildman–Crippen MR) is 123 cm³/mol. The fourth-order valence-corrected chi connectivity index (χ4v) is 3.63. The second-order valence-electron chi connectivity index (χ2n) is 7.16. The molecular formula is C22H23BrN4O4. The highest BCUT2D eigenvalue weighted by Crippen LogP contribution is 2.23. The van der Waals surface area contributed by atoms with Gasteiger partial charge in [0, 0.05) is 51.5 Å². The SMILES string of the molecule is NC(Cc1c[nH]c2ccc(Br)cc12)C(=O)O.N[C@@H](Cc1c[nH]c2ccccc12)C(=O)O. The van der Waals surface area contributed by atoms with Crippen molar-refractivity contribution >= 4 is 49.7 Å². The topological polar surface area (TPSA) is 158 Å². The van der Waals surface area contributed by atoms with Gasteiger partial charge in [-0.05, 0) is 35.4 Å². The van der Waals surface area contributed by atoms with Crippen LogP contribution in [0, 0.1) is 0 Å². The van der Waals surface area contributed by atoms with Crippen LogP contribution in [0.25, 0.3) is 21.8 Å². The number of hydrogen-bond acceptors (Lipinski definition) is 4. The van der Waals surface area contributed by atoms with Crippen LogP contribution in [0.2, 0.25) is 0 Å². The summed E-state index contributed by atoms with van der Waals surface area (Å²) in [4.78, 5) is 27.5. The van der Waals surface area contributed by atoms with E-state index in [0.29, 0.717) is 12.8 Å². The second-order valence-corrected chi connectivity index (χ2v) is 8.08. The number of carbonyl (C=O) groups is 2. The number of aliphatic carboxylic acids is 2. The van der Waals surface area contributed by atoms with Gasteiger partial charge >= 0.3 is 11.9 Å². The van der Waals surface area contributed by atoms with Crippen LogP contribution in [0.4, 0.5) is 0 Å². The van der Waals surface area contributed by atoms with E-state index in [9.17, 15) is 9.59 Å². The molecule has 4 rings (SSSR count). The Morgan fingerprint density at radius 3 is 1.94 bits per heavy atom. The standard InChI is InChI=1S/C11H11BrN2O2.C11H12N2O2/c12-7-1-2-10-8(4-7)6(5-14-10)3-9(13)11(15)16;12-9(11(14)15)5-7-6-13-10-4-2-1-3-8(7)10/h1-2,4-5,9,14H,3,13H2,(H,15,16);1-4,6,9,13H,5,12H2,(H,14,15)/t;9-/m.0/s1. The molecule has 8 nitrogen and oxygen atoms in total. The molecule has 0 bridgehead atoms. The van der Waals surface area contributed by atoms with Crippen LogP contribution in [0.5, 0.6) is 0 Å². The summed E-state index contributed by atoms with van der Waals surface area (Å²) < 4.78 is 0.963. The molecule has 9 heteroatoms. The molecular weight excluding hydrogens is 464 g/mol. The third kappa shape index (κ3) is 5.52. The van der Waals surface area contributed by atoms with Crippen LogP contribution in [0.15, 0.2) is 59.3 Å². The van der Waals surface area contributed by atoms with Gasteiger partial charge < -0.3 is 31.6 Å². The minimum atomic E-state index is -0.982. The Kier molecular flexibility index (Phi) is 7.11. The van der Waals surface area contributed by atoms with Crippen molar-refractivity contribution in [2.75, 3.05) is 0 Å². The van der Waals surface area contributed by atoms with Gasteiger partial charge in [0.2, 0.25) is 0 Å². The Labute approximate surface area is 186 Å². The fraction of sp³-hybridized carbons (Fsp3) is 0.182. The van der Waals surface area contributed by atoms with Crippen molar-refractivity contribution in [2.24, 2.45) is 11.5 Å². The quantitative estimate of drug-likeness (QED) is 0.245. The predicted octanol–water partition coefficient (Wildman–Crippen LogP) is 3.01. The van der Waals surface area contributed by atoms with Gasteiger partial charge in [0.25, 0.3) is 0 Å². The first kappa shape index (κ1) is 22.5. The molecule has 0 saturated heterocycles. The monoisotopic (exact) mass is 486 g/mol. The van der Waals surface area contributed by atoms with Crippen LogP contribution in [0.1, 0.15) is 11.1 Å². The van der Waals surface area contributed by atoms with Crippen LogP contribution in [-0.4, -0.2) is 44.2 Å². The van der Waals surface area contributed by atoms with Crippen LogP contribution in [0.3, 0.4) is 0 Å². The Balaban J connectivity index is 0.000000176. The Morgan fingerprint density at radius 1 is 0.839 bits per heavy atom. The van der Waals surface area contributed by atoms with Crippen molar-refractivity contribution in [1.82, 2.24) is 9.97 Å².